The highest BCUT2D eigenvalue weighted by Crippen LogP contribution is 2.34. The molecule has 2 amide bonds. The zero-order valence-corrected chi connectivity index (χ0v) is 17.9. The molecule has 30 heavy (non-hydrogen) atoms. The van der Waals surface area contributed by atoms with Crippen molar-refractivity contribution >= 4 is 29.1 Å². The molecule has 1 saturated heterocycles. The molecule has 8 heteroatoms. The van der Waals surface area contributed by atoms with Crippen molar-refractivity contribution in [1.82, 2.24) is 19.7 Å². The second-order valence-corrected chi connectivity index (χ2v) is 8.56. The highest BCUT2D eigenvalue weighted by atomic mass is 35.5. The van der Waals surface area contributed by atoms with E-state index in [4.69, 9.17) is 11.6 Å². The number of anilines is 1. The van der Waals surface area contributed by atoms with Gasteiger partial charge in [-0.15, -0.1) is 0 Å². The number of pyridine rings is 1. The van der Waals surface area contributed by atoms with Crippen LogP contribution in [0.1, 0.15) is 51.4 Å². The summed E-state index contributed by atoms with van der Waals surface area (Å²) in [5, 5.41) is 4.65. The molecule has 0 atom stereocenters. The summed E-state index contributed by atoms with van der Waals surface area (Å²) in [6.07, 6.45) is 12.3. The fourth-order valence-corrected chi connectivity index (χ4v) is 4.10. The van der Waals surface area contributed by atoms with E-state index in [1.54, 1.807) is 28.2 Å². The Balaban J connectivity index is 1.45. The van der Waals surface area contributed by atoms with E-state index >= 15 is 0 Å². The van der Waals surface area contributed by atoms with Crippen molar-refractivity contribution < 1.29 is 9.59 Å². The van der Waals surface area contributed by atoms with Crippen molar-refractivity contribution in [3.8, 4) is 5.69 Å². The molecule has 1 aliphatic heterocycles. The van der Waals surface area contributed by atoms with Crippen LogP contribution in [0.4, 0.5) is 5.69 Å². The van der Waals surface area contributed by atoms with E-state index in [9.17, 15) is 9.59 Å². The maximum Gasteiger partial charge on any atom is 0.227 e. The van der Waals surface area contributed by atoms with Crippen LogP contribution >= 0.6 is 11.6 Å². The van der Waals surface area contributed by atoms with Crippen LogP contribution in [0.3, 0.4) is 0 Å². The van der Waals surface area contributed by atoms with Crippen LogP contribution in [0.15, 0.2) is 30.7 Å². The summed E-state index contributed by atoms with van der Waals surface area (Å²) >= 11 is 6.42. The molecular weight excluding hydrogens is 402 g/mol. The maximum absolute atomic E-state index is 13.1. The van der Waals surface area contributed by atoms with Gasteiger partial charge in [0.1, 0.15) is 5.69 Å². The van der Waals surface area contributed by atoms with E-state index in [1.807, 2.05) is 17.0 Å². The molecule has 3 heterocycles. The van der Waals surface area contributed by atoms with Gasteiger partial charge in [-0.25, -0.2) is 4.68 Å². The second kappa shape index (κ2) is 9.60. The number of nitrogens with zero attached hydrogens (tertiary/aromatic N) is 5. The summed E-state index contributed by atoms with van der Waals surface area (Å²) in [6.45, 7) is 2.24. The molecule has 4 rings (SSSR count). The molecule has 1 saturated carbocycles. The fraction of sp³-hybridized carbons (Fsp3) is 0.545. The smallest absolute Gasteiger partial charge is 0.227 e. The van der Waals surface area contributed by atoms with Crippen LogP contribution in [0.2, 0.25) is 5.15 Å². The molecule has 0 aromatic carbocycles. The minimum Gasteiger partial charge on any atom is -0.343 e. The maximum atomic E-state index is 13.1. The third-order valence-corrected chi connectivity index (χ3v) is 6.07. The molecule has 0 N–H and O–H groups in total. The van der Waals surface area contributed by atoms with Gasteiger partial charge in [0.2, 0.25) is 11.8 Å². The Kier molecular flexibility index (Phi) is 6.67. The third-order valence-electron chi connectivity index (χ3n) is 5.80. The molecule has 0 radical (unpaired) electrons. The van der Waals surface area contributed by atoms with Gasteiger partial charge in [0.05, 0.1) is 18.1 Å². The minimum atomic E-state index is -0.0716. The Morgan fingerprint density at radius 2 is 1.90 bits per heavy atom. The van der Waals surface area contributed by atoms with Gasteiger partial charge in [-0.1, -0.05) is 24.4 Å². The van der Waals surface area contributed by atoms with Crippen molar-refractivity contribution in [3.05, 3.63) is 35.9 Å². The van der Waals surface area contributed by atoms with Gasteiger partial charge in [-0.3, -0.25) is 14.6 Å². The van der Waals surface area contributed by atoms with Gasteiger partial charge in [-0.2, -0.15) is 5.10 Å². The number of rotatable bonds is 7. The van der Waals surface area contributed by atoms with E-state index in [0.717, 1.165) is 44.5 Å². The minimum absolute atomic E-state index is 0.0716. The van der Waals surface area contributed by atoms with Crippen molar-refractivity contribution in [2.24, 2.45) is 5.92 Å². The summed E-state index contributed by atoms with van der Waals surface area (Å²) in [7, 11) is 0. The second-order valence-electron chi connectivity index (χ2n) is 8.20. The molecule has 2 aromatic rings. The average Bonchev–Trinajstić information content (AvgIpc) is 3.55. The molecule has 0 unspecified atom stereocenters. The van der Waals surface area contributed by atoms with Gasteiger partial charge in [-0.05, 0) is 43.7 Å². The Labute approximate surface area is 182 Å². The van der Waals surface area contributed by atoms with Crippen LogP contribution < -0.4 is 4.90 Å². The van der Waals surface area contributed by atoms with Gasteiger partial charge in [0.25, 0.3) is 0 Å². The van der Waals surface area contributed by atoms with Gasteiger partial charge < -0.3 is 9.80 Å². The van der Waals surface area contributed by atoms with Crippen LogP contribution in [0.5, 0.6) is 0 Å². The first-order valence-corrected chi connectivity index (χ1v) is 11.2. The number of hydrogen-bond donors (Lipinski definition) is 0. The Morgan fingerprint density at radius 1 is 1.13 bits per heavy atom. The highest BCUT2D eigenvalue weighted by molar-refractivity contribution is 6.32. The van der Waals surface area contributed by atoms with Crippen LogP contribution in [-0.4, -0.2) is 51.1 Å². The number of likely N-dealkylation sites (tertiary alicyclic amines) is 1. The predicted octanol–water partition coefficient (Wildman–Crippen LogP) is 3.85. The fourth-order valence-electron chi connectivity index (χ4n) is 3.87. The van der Waals surface area contributed by atoms with Crippen LogP contribution in [0.25, 0.3) is 5.69 Å². The molecule has 1 aliphatic carbocycles. The van der Waals surface area contributed by atoms with Gasteiger partial charge >= 0.3 is 0 Å². The van der Waals surface area contributed by atoms with E-state index in [1.165, 1.54) is 12.8 Å². The lowest BCUT2D eigenvalue weighted by molar-refractivity contribution is -0.133. The number of carbonyl (C=O) groups excluding carboxylic acids is 2. The molecule has 2 aromatic heterocycles. The van der Waals surface area contributed by atoms with E-state index in [2.05, 4.69) is 10.1 Å². The lowest BCUT2D eigenvalue weighted by Gasteiger charge is -2.23. The third kappa shape index (κ3) is 5.19. The topological polar surface area (TPSA) is 71.3 Å². The molecule has 2 aliphatic rings. The normalized spacial score (nSPS) is 16.9. The van der Waals surface area contributed by atoms with Crippen LogP contribution in [-0.2, 0) is 9.59 Å². The first-order chi connectivity index (χ1) is 14.6. The molecule has 0 bridgehead atoms. The predicted molar refractivity (Wildman–Crippen MR) is 116 cm³/mol. The van der Waals surface area contributed by atoms with Crippen molar-refractivity contribution in [2.75, 3.05) is 24.5 Å². The molecule has 2 fully saturated rings. The lowest BCUT2D eigenvalue weighted by Crippen LogP contribution is -2.36. The van der Waals surface area contributed by atoms with Crippen molar-refractivity contribution in [2.45, 2.75) is 51.4 Å². The number of hydrogen-bond acceptors (Lipinski definition) is 4. The number of carbonyl (C=O) groups is 2. The largest absolute Gasteiger partial charge is 0.343 e. The Hall–Kier alpha value is -2.41. The average molecular weight is 430 g/mol. The Bertz CT molecular complexity index is 873. The quantitative estimate of drug-likeness (QED) is 0.670. The zero-order valence-electron chi connectivity index (χ0n) is 17.2. The number of aromatic nitrogens is 3. The summed E-state index contributed by atoms with van der Waals surface area (Å²) in [5.41, 5.74) is 1.38. The van der Waals surface area contributed by atoms with E-state index in [-0.39, 0.29) is 29.8 Å². The highest BCUT2D eigenvalue weighted by Gasteiger charge is 2.30. The summed E-state index contributed by atoms with van der Waals surface area (Å²) in [4.78, 5) is 33.5. The molecule has 7 nitrogen and oxygen atoms in total. The van der Waals surface area contributed by atoms with Gasteiger partial charge in [0.15, 0.2) is 5.15 Å². The van der Waals surface area contributed by atoms with Gasteiger partial charge in [0, 0.05) is 38.7 Å². The van der Waals surface area contributed by atoms with E-state index in [0.29, 0.717) is 18.2 Å². The first-order valence-electron chi connectivity index (χ1n) is 10.9. The summed E-state index contributed by atoms with van der Waals surface area (Å²) in [5.74, 6) is 0.500. The van der Waals surface area contributed by atoms with Crippen LogP contribution in [0, 0.1) is 5.92 Å². The lowest BCUT2D eigenvalue weighted by atomic mass is 10.2. The monoisotopic (exact) mass is 429 g/mol. The summed E-state index contributed by atoms with van der Waals surface area (Å²) < 4.78 is 1.64. The van der Waals surface area contributed by atoms with E-state index < -0.39 is 0 Å². The Morgan fingerprint density at radius 3 is 2.57 bits per heavy atom. The van der Waals surface area contributed by atoms with Crippen molar-refractivity contribution in [3.63, 3.8) is 0 Å². The summed E-state index contributed by atoms with van der Waals surface area (Å²) in [6, 6.07) is 3.71. The first kappa shape index (κ1) is 20.8. The SMILES string of the molecule is O=C(CCC(=O)N(CC1CC1)c1cn(-c2cccnc2)nc1Cl)N1CCCCCC1. The van der Waals surface area contributed by atoms with Crippen molar-refractivity contribution in [1.29, 1.82) is 0 Å². The number of amides is 2. The number of halogens is 1. The zero-order chi connectivity index (χ0) is 20.9. The standard InChI is InChI=1S/C22H28ClN5O2/c23-22-19(16-28(25-22)18-6-5-11-24-14-18)27(15-17-7-8-17)21(30)10-9-20(29)26-12-3-1-2-4-13-26/h5-6,11,14,16-17H,1-4,7-10,12-13,15H2. The molecule has 0 spiro atoms. The molecule has 160 valence electrons. The molecular formula is C22H28ClN5O2.